The van der Waals surface area contributed by atoms with Gasteiger partial charge in [0.15, 0.2) is 0 Å². The largest absolute Gasteiger partial charge is 0.497 e. The van der Waals surface area contributed by atoms with Gasteiger partial charge in [0.1, 0.15) is 11.6 Å². The average molecular weight is 241 g/mol. The number of nitrogens with one attached hydrogen (secondary N) is 1. The Bertz CT molecular complexity index is 353. The number of methoxy groups -OCH3 is 1. The van der Waals surface area contributed by atoms with Gasteiger partial charge in [0, 0.05) is 23.7 Å². The molecule has 3 nitrogen and oxygen atoms in total. The van der Waals surface area contributed by atoms with Crippen molar-refractivity contribution >= 4 is 0 Å². The molecule has 1 rings (SSSR count). The van der Waals surface area contributed by atoms with Gasteiger partial charge in [-0.1, -0.05) is 13.0 Å². The first kappa shape index (κ1) is 13.9. The van der Waals surface area contributed by atoms with Crippen LogP contribution in [-0.4, -0.2) is 24.9 Å². The molecule has 0 heterocycles. The highest BCUT2D eigenvalue weighted by atomic mass is 19.1. The molecule has 0 aliphatic heterocycles. The fourth-order valence-corrected chi connectivity index (χ4v) is 1.73. The molecule has 96 valence electrons. The summed E-state index contributed by atoms with van der Waals surface area (Å²) in [6.07, 6.45) is 0.804. The summed E-state index contributed by atoms with van der Waals surface area (Å²) in [4.78, 5) is 0. The molecular formula is C13H20FNO2. The fraction of sp³-hybridized carbons (Fsp3) is 0.538. The van der Waals surface area contributed by atoms with Crippen LogP contribution in [0.3, 0.4) is 0 Å². The van der Waals surface area contributed by atoms with Gasteiger partial charge in [-0.15, -0.1) is 0 Å². The maximum Gasteiger partial charge on any atom is 0.131 e. The van der Waals surface area contributed by atoms with Crippen LogP contribution in [0, 0.1) is 5.82 Å². The zero-order valence-corrected chi connectivity index (χ0v) is 10.5. The highest BCUT2D eigenvalue weighted by Crippen LogP contribution is 2.22. The van der Waals surface area contributed by atoms with E-state index in [9.17, 15) is 4.39 Å². The molecule has 2 N–H and O–H groups in total. The second kappa shape index (κ2) is 6.57. The number of rotatable bonds is 6. The summed E-state index contributed by atoms with van der Waals surface area (Å²) in [6, 6.07) is 4.66. The summed E-state index contributed by atoms with van der Waals surface area (Å²) >= 11 is 0. The van der Waals surface area contributed by atoms with Crippen molar-refractivity contribution in [2.45, 2.75) is 32.4 Å². The molecular weight excluding hydrogens is 221 g/mol. The summed E-state index contributed by atoms with van der Waals surface area (Å²) in [5, 5.41) is 12.3. The van der Waals surface area contributed by atoms with Gasteiger partial charge in [-0.2, -0.15) is 0 Å². The van der Waals surface area contributed by atoms with Gasteiger partial charge in [-0.3, -0.25) is 0 Å². The van der Waals surface area contributed by atoms with E-state index in [1.807, 2.05) is 13.8 Å². The lowest BCUT2D eigenvalue weighted by molar-refractivity contribution is 0.229. The molecule has 0 saturated heterocycles. The Hall–Kier alpha value is -1.13. The lowest BCUT2D eigenvalue weighted by atomic mass is 10.1. The molecule has 2 atom stereocenters. The first-order chi connectivity index (χ1) is 8.12. The lowest BCUT2D eigenvalue weighted by Crippen LogP contribution is -2.34. The van der Waals surface area contributed by atoms with E-state index in [4.69, 9.17) is 9.84 Å². The normalized spacial score (nSPS) is 14.4. The topological polar surface area (TPSA) is 41.5 Å². The molecule has 0 bridgehead atoms. The van der Waals surface area contributed by atoms with E-state index in [2.05, 4.69) is 5.32 Å². The smallest absolute Gasteiger partial charge is 0.131 e. The minimum Gasteiger partial charge on any atom is -0.497 e. The van der Waals surface area contributed by atoms with Gasteiger partial charge in [0.25, 0.3) is 0 Å². The molecule has 0 aliphatic rings. The van der Waals surface area contributed by atoms with Gasteiger partial charge in [-0.25, -0.2) is 4.39 Å². The fourth-order valence-electron chi connectivity index (χ4n) is 1.73. The van der Waals surface area contributed by atoms with E-state index >= 15 is 0 Å². The number of ether oxygens (including phenoxy) is 1. The third-order valence-electron chi connectivity index (χ3n) is 2.87. The van der Waals surface area contributed by atoms with Crippen LogP contribution in [0.5, 0.6) is 5.75 Å². The van der Waals surface area contributed by atoms with Crippen molar-refractivity contribution in [1.82, 2.24) is 5.32 Å². The Kier molecular flexibility index (Phi) is 5.38. The molecule has 0 aliphatic carbocycles. The van der Waals surface area contributed by atoms with Crippen LogP contribution in [0.2, 0.25) is 0 Å². The quantitative estimate of drug-likeness (QED) is 0.802. The molecule has 0 aromatic heterocycles. The third-order valence-corrected chi connectivity index (χ3v) is 2.87. The van der Waals surface area contributed by atoms with Crippen molar-refractivity contribution in [2.24, 2.45) is 0 Å². The predicted octanol–water partition coefficient (Wildman–Crippen LogP) is 2.26. The summed E-state index contributed by atoms with van der Waals surface area (Å²) in [5.41, 5.74) is 0.581. The number of aliphatic hydroxyl groups excluding tert-OH is 1. The molecule has 1 aromatic rings. The molecule has 4 heteroatoms. The lowest BCUT2D eigenvalue weighted by Gasteiger charge is -2.21. The Labute approximate surface area is 102 Å². The SMILES string of the molecule is CCC(CO)NC(C)c1ccc(OC)cc1F. The van der Waals surface area contributed by atoms with Crippen LogP contribution in [0.25, 0.3) is 0 Å². The Balaban J connectivity index is 2.78. The van der Waals surface area contributed by atoms with Gasteiger partial charge in [-0.05, 0) is 19.4 Å². The zero-order valence-electron chi connectivity index (χ0n) is 10.5. The van der Waals surface area contributed by atoms with E-state index in [1.165, 1.54) is 13.2 Å². The van der Waals surface area contributed by atoms with Crippen LogP contribution in [0.1, 0.15) is 31.9 Å². The minimum absolute atomic E-state index is 0.00787. The van der Waals surface area contributed by atoms with Crippen molar-refractivity contribution in [2.75, 3.05) is 13.7 Å². The zero-order chi connectivity index (χ0) is 12.8. The molecule has 17 heavy (non-hydrogen) atoms. The number of hydrogen-bond acceptors (Lipinski definition) is 3. The van der Waals surface area contributed by atoms with Crippen molar-refractivity contribution in [3.05, 3.63) is 29.6 Å². The highest BCUT2D eigenvalue weighted by molar-refractivity contribution is 5.30. The second-order valence-corrected chi connectivity index (χ2v) is 4.06. The second-order valence-electron chi connectivity index (χ2n) is 4.06. The summed E-state index contributed by atoms with van der Waals surface area (Å²) in [7, 11) is 1.51. The maximum absolute atomic E-state index is 13.8. The monoisotopic (exact) mass is 241 g/mol. The third kappa shape index (κ3) is 3.68. The predicted molar refractivity (Wildman–Crippen MR) is 65.7 cm³/mol. The standard InChI is InChI=1S/C13H20FNO2/c1-4-10(8-16)15-9(2)12-6-5-11(17-3)7-13(12)14/h5-7,9-10,15-16H,4,8H2,1-3H3. The van der Waals surface area contributed by atoms with Crippen LogP contribution < -0.4 is 10.1 Å². The molecule has 1 aromatic carbocycles. The maximum atomic E-state index is 13.8. The summed E-state index contributed by atoms with van der Waals surface area (Å²) in [6.45, 7) is 3.91. The van der Waals surface area contributed by atoms with E-state index < -0.39 is 0 Å². The molecule has 0 radical (unpaired) electrons. The minimum atomic E-state index is -0.294. The molecule has 0 spiro atoms. The average Bonchev–Trinajstić information content (AvgIpc) is 2.35. The number of halogens is 1. The Morgan fingerprint density at radius 2 is 2.18 bits per heavy atom. The molecule has 0 fully saturated rings. The van der Waals surface area contributed by atoms with Crippen LogP contribution >= 0.6 is 0 Å². The Morgan fingerprint density at radius 3 is 2.65 bits per heavy atom. The van der Waals surface area contributed by atoms with Gasteiger partial charge in [0.05, 0.1) is 13.7 Å². The van der Waals surface area contributed by atoms with Crippen molar-refractivity contribution < 1.29 is 14.2 Å². The van der Waals surface area contributed by atoms with E-state index in [0.29, 0.717) is 11.3 Å². The van der Waals surface area contributed by atoms with Crippen LogP contribution in [-0.2, 0) is 0 Å². The highest BCUT2D eigenvalue weighted by Gasteiger charge is 2.14. The van der Waals surface area contributed by atoms with Crippen LogP contribution in [0.4, 0.5) is 4.39 Å². The number of hydrogen-bond donors (Lipinski definition) is 2. The van der Waals surface area contributed by atoms with E-state index in [0.717, 1.165) is 6.42 Å². The van der Waals surface area contributed by atoms with Crippen molar-refractivity contribution in [1.29, 1.82) is 0 Å². The van der Waals surface area contributed by atoms with Crippen molar-refractivity contribution in [3.63, 3.8) is 0 Å². The van der Waals surface area contributed by atoms with E-state index in [-0.39, 0.29) is 24.5 Å². The summed E-state index contributed by atoms with van der Waals surface area (Å²) in [5.74, 6) is 0.213. The number of benzene rings is 1. The molecule has 0 amide bonds. The number of aliphatic hydroxyl groups is 1. The van der Waals surface area contributed by atoms with Crippen molar-refractivity contribution in [3.8, 4) is 5.75 Å². The van der Waals surface area contributed by atoms with Gasteiger partial charge < -0.3 is 15.2 Å². The molecule has 0 saturated carbocycles. The first-order valence-electron chi connectivity index (χ1n) is 5.82. The first-order valence-corrected chi connectivity index (χ1v) is 5.82. The Morgan fingerprint density at radius 1 is 1.47 bits per heavy atom. The van der Waals surface area contributed by atoms with E-state index in [1.54, 1.807) is 12.1 Å². The van der Waals surface area contributed by atoms with Gasteiger partial charge in [0.2, 0.25) is 0 Å². The molecule has 2 unspecified atom stereocenters. The summed E-state index contributed by atoms with van der Waals surface area (Å²) < 4.78 is 18.7. The van der Waals surface area contributed by atoms with Gasteiger partial charge >= 0.3 is 0 Å². The van der Waals surface area contributed by atoms with Crippen LogP contribution in [0.15, 0.2) is 18.2 Å².